The normalized spacial score (nSPS) is 26.8. The molecular formula is C81H145NO18. The molecule has 19 heteroatoms. The van der Waals surface area contributed by atoms with E-state index in [0.29, 0.717) is 12.8 Å². The van der Waals surface area contributed by atoms with Crippen LogP contribution in [0.2, 0.25) is 0 Å². The SMILES string of the molecule is CCCCCCC/C=C\C/C=C\C/C=C\CCCCCCCCCCCCCCCCCCCCCCC(=O)NC(COC1OC(CO)C(OC2OC(CO)C(OC3OC(CO)C(O)C(O)C3O)C(O)C2O)C(O)C1O)C(O)/C=C/CC/C=C/CC/C=C/CCCCCCCCCCCC. The van der Waals surface area contributed by atoms with E-state index < -0.39 is 124 Å². The number of amides is 1. The number of carbonyl (C=O) groups excluding carboxylic acids is 1. The minimum Gasteiger partial charge on any atom is -0.394 e. The van der Waals surface area contributed by atoms with Gasteiger partial charge < -0.3 is 89.9 Å². The highest BCUT2D eigenvalue weighted by Crippen LogP contribution is 2.33. The van der Waals surface area contributed by atoms with Gasteiger partial charge in [-0.3, -0.25) is 4.79 Å². The van der Waals surface area contributed by atoms with Crippen LogP contribution in [0.5, 0.6) is 0 Å². The van der Waals surface area contributed by atoms with Crippen molar-refractivity contribution in [3.8, 4) is 0 Å². The monoisotopic (exact) mass is 1420 g/mol. The first-order chi connectivity index (χ1) is 48.8. The Bertz CT molecular complexity index is 2090. The van der Waals surface area contributed by atoms with E-state index in [-0.39, 0.29) is 18.9 Å². The maximum atomic E-state index is 13.5. The maximum Gasteiger partial charge on any atom is 0.220 e. The molecule has 3 saturated heterocycles. The number of aliphatic hydroxyl groups excluding tert-OH is 11. The Balaban J connectivity index is 1.36. The van der Waals surface area contributed by atoms with Gasteiger partial charge in [-0.25, -0.2) is 0 Å². The van der Waals surface area contributed by atoms with Crippen molar-refractivity contribution in [2.45, 2.75) is 407 Å². The van der Waals surface area contributed by atoms with E-state index in [1.54, 1.807) is 6.08 Å². The summed E-state index contributed by atoms with van der Waals surface area (Å²) in [6.07, 6.45) is 53.3. The van der Waals surface area contributed by atoms with E-state index in [4.69, 9.17) is 28.4 Å². The lowest BCUT2D eigenvalue weighted by Gasteiger charge is -2.48. The molecule has 0 aromatic carbocycles. The standard InChI is InChI=1S/C81H145NO18/c1-3-5-7-9-11-13-15-17-19-21-23-25-26-27-28-29-30-31-32-33-34-35-36-37-38-39-41-43-45-47-49-51-53-55-57-59-69(87)82-64(65(86)58-56-54-52-50-48-46-44-42-40-24-22-20-18-16-14-12-10-8-6-4-2)63-95-79-75(93)72(90)77(67(61-84)97-79)100-81-76(94)73(91)78(68(62-85)98-81)99-80-74(92)71(89)70(88)66(60-83)96-80/h15,17,21,23,26-27,40,42,48,50,56,58,64-68,70-81,83-86,88-94H,3-14,16,18-20,22,24-25,28-39,41,43-47,49,51-55,57,59-63H2,1-2H3,(H,82,87)/b17-15-,23-21-,27-26-,42-40+,50-48+,58-56+. The van der Waals surface area contributed by atoms with Gasteiger partial charge in [0.2, 0.25) is 5.91 Å². The summed E-state index contributed by atoms with van der Waals surface area (Å²) in [5.74, 6) is -0.287. The Hall–Kier alpha value is -2.77. The zero-order chi connectivity index (χ0) is 72.5. The molecule has 12 N–H and O–H groups in total. The Labute approximate surface area is 604 Å². The number of unbranched alkanes of at least 4 members (excludes halogenated alkanes) is 37. The minimum atomic E-state index is -1.98. The molecule has 3 aliphatic heterocycles. The molecular weight excluding hydrogens is 1270 g/mol. The van der Waals surface area contributed by atoms with Crippen molar-refractivity contribution in [3.05, 3.63) is 72.9 Å². The third-order valence-corrected chi connectivity index (χ3v) is 19.7. The fourth-order valence-electron chi connectivity index (χ4n) is 13.2. The van der Waals surface area contributed by atoms with Crippen LogP contribution < -0.4 is 5.32 Å². The Morgan fingerprint density at radius 2 is 0.670 bits per heavy atom. The van der Waals surface area contributed by atoms with E-state index in [1.807, 2.05) is 6.08 Å². The number of hydrogen-bond acceptors (Lipinski definition) is 18. The number of nitrogens with one attached hydrogen (secondary N) is 1. The van der Waals surface area contributed by atoms with Crippen molar-refractivity contribution in [2.24, 2.45) is 0 Å². The largest absolute Gasteiger partial charge is 0.394 e. The van der Waals surface area contributed by atoms with Gasteiger partial charge in [0, 0.05) is 6.42 Å². The molecule has 0 spiro atoms. The minimum absolute atomic E-state index is 0.232. The molecule has 0 bridgehead atoms. The first kappa shape index (κ1) is 91.4. The number of rotatable bonds is 63. The smallest absolute Gasteiger partial charge is 0.220 e. The van der Waals surface area contributed by atoms with Gasteiger partial charge in [0.1, 0.15) is 73.2 Å². The third kappa shape index (κ3) is 41.2. The lowest BCUT2D eigenvalue weighted by atomic mass is 9.96. The van der Waals surface area contributed by atoms with Gasteiger partial charge in [0.15, 0.2) is 18.9 Å². The molecule has 17 atom stereocenters. The fraction of sp³-hybridized carbons (Fsp3) is 0.840. The van der Waals surface area contributed by atoms with E-state index in [2.05, 4.69) is 79.9 Å². The summed E-state index contributed by atoms with van der Waals surface area (Å²) in [4.78, 5) is 13.5. The summed E-state index contributed by atoms with van der Waals surface area (Å²) in [5, 5.41) is 121. The summed E-state index contributed by atoms with van der Waals surface area (Å²) in [6, 6.07) is -0.999. The van der Waals surface area contributed by atoms with E-state index in [0.717, 1.165) is 57.8 Å². The number of carbonyl (C=O) groups is 1. The van der Waals surface area contributed by atoms with E-state index >= 15 is 0 Å². The van der Waals surface area contributed by atoms with Gasteiger partial charge in [-0.2, -0.15) is 0 Å². The van der Waals surface area contributed by atoms with Crippen molar-refractivity contribution in [3.63, 3.8) is 0 Å². The Morgan fingerprint density at radius 3 is 1.07 bits per heavy atom. The molecule has 0 saturated carbocycles. The molecule has 582 valence electrons. The van der Waals surface area contributed by atoms with Crippen LogP contribution in [0.15, 0.2) is 72.9 Å². The van der Waals surface area contributed by atoms with E-state index in [1.165, 1.54) is 212 Å². The summed E-state index contributed by atoms with van der Waals surface area (Å²) in [7, 11) is 0. The molecule has 19 nitrogen and oxygen atoms in total. The quantitative estimate of drug-likeness (QED) is 0.0199. The van der Waals surface area contributed by atoms with Crippen LogP contribution in [0.1, 0.15) is 303 Å². The molecule has 0 radical (unpaired) electrons. The third-order valence-electron chi connectivity index (χ3n) is 19.7. The van der Waals surface area contributed by atoms with Crippen LogP contribution in [-0.2, 0) is 33.2 Å². The summed E-state index contributed by atoms with van der Waals surface area (Å²) in [5.41, 5.74) is 0. The zero-order valence-electron chi connectivity index (χ0n) is 62.2. The van der Waals surface area contributed by atoms with Gasteiger partial charge in [-0.1, -0.05) is 286 Å². The lowest BCUT2D eigenvalue weighted by Crippen LogP contribution is -2.66. The topological polar surface area (TPSA) is 307 Å². The van der Waals surface area contributed by atoms with Crippen LogP contribution in [0, 0.1) is 0 Å². The molecule has 3 rings (SSSR count). The average Bonchev–Trinajstić information content (AvgIpc) is 0.783. The first-order valence-electron chi connectivity index (χ1n) is 40.2. The van der Waals surface area contributed by atoms with Gasteiger partial charge in [0.25, 0.3) is 0 Å². The fourth-order valence-corrected chi connectivity index (χ4v) is 13.2. The van der Waals surface area contributed by atoms with Crippen molar-refractivity contribution in [1.29, 1.82) is 0 Å². The van der Waals surface area contributed by atoms with Crippen LogP contribution in [0.3, 0.4) is 0 Å². The molecule has 1 amide bonds. The highest BCUT2D eigenvalue weighted by atomic mass is 16.8. The molecule has 0 aromatic heterocycles. The molecule has 0 aliphatic carbocycles. The van der Waals surface area contributed by atoms with Gasteiger partial charge in [-0.15, -0.1) is 0 Å². The first-order valence-corrected chi connectivity index (χ1v) is 40.2. The Morgan fingerprint density at radius 1 is 0.360 bits per heavy atom. The molecule has 0 aromatic rings. The highest BCUT2D eigenvalue weighted by Gasteiger charge is 2.54. The van der Waals surface area contributed by atoms with Crippen molar-refractivity contribution < 1.29 is 89.4 Å². The summed E-state index contributed by atoms with van der Waals surface area (Å²) in [6.45, 7) is 1.72. The van der Waals surface area contributed by atoms with E-state index in [9.17, 15) is 61.0 Å². The number of hydrogen-bond donors (Lipinski definition) is 12. The molecule has 3 heterocycles. The molecule has 17 unspecified atom stereocenters. The van der Waals surface area contributed by atoms with Gasteiger partial charge in [-0.05, 0) is 83.5 Å². The van der Waals surface area contributed by atoms with Gasteiger partial charge >= 0.3 is 0 Å². The van der Waals surface area contributed by atoms with Crippen molar-refractivity contribution in [1.82, 2.24) is 5.32 Å². The highest BCUT2D eigenvalue weighted by molar-refractivity contribution is 5.76. The zero-order valence-corrected chi connectivity index (χ0v) is 62.2. The van der Waals surface area contributed by atoms with Crippen LogP contribution in [-0.4, -0.2) is 193 Å². The predicted octanol–water partition coefficient (Wildman–Crippen LogP) is 13.2. The summed E-state index contributed by atoms with van der Waals surface area (Å²) < 4.78 is 34.4. The van der Waals surface area contributed by atoms with Crippen LogP contribution >= 0.6 is 0 Å². The van der Waals surface area contributed by atoms with Gasteiger partial charge in [0.05, 0.1) is 38.6 Å². The lowest BCUT2D eigenvalue weighted by molar-refractivity contribution is -0.379. The molecule has 3 aliphatic rings. The second-order valence-electron chi connectivity index (χ2n) is 28.5. The van der Waals surface area contributed by atoms with Crippen molar-refractivity contribution >= 4 is 5.91 Å². The molecule has 3 fully saturated rings. The average molecular weight is 1420 g/mol. The summed E-state index contributed by atoms with van der Waals surface area (Å²) >= 11 is 0. The molecule has 100 heavy (non-hydrogen) atoms. The predicted molar refractivity (Wildman–Crippen MR) is 397 cm³/mol. The second kappa shape index (κ2) is 61.4. The Kier molecular flexibility index (Phi) is 56.1. The van der Waals surface area contributed by atoms with Crippen molar-refractivity contribution in [2.75, 3.05) is 26.4 Å². The maximum absolute atomic E-state index is 13.5. The second-order valence-corrected chi connectivity index (χ2v) is 28.5. The van der Waals surface area contributed by atoms with Crippen LogP contribution in [0.4, 0.5) is 0 Å². The number of allylic oxidation sites excluding steroid dienone is 11. The van der Waals surface area contributed by atoms with Crippen LogP contribution in [0.25, 0.3) is 0 Å². The number of ether oxygens (including phenoxy) is 6. The number of aliphatic hydroxyl groups is 11.